The fourth-order valence-electron chi connectivity index (χ4n) is 5.98. The second-order valence-corrected chi connectivity index (χ2v) is 11.4. The second kappa shape index (κ2) is 12.5. The highest BCUT2D eigenvalue weighted by Gasteiger charge is 2.39. The van der Waals surface area contributed by atoms with E-state index in [-0.39, 0.29) is 82.4 Å². The molecule has 3 aromatic rings. The molecular formula is C30H35ClF4N8O2. The lowest BCUT2D eigenvalue weighted by atomic mass is 10.1. The third-order valence-electron chi connectivity index (χ3n) is 8.58. The minimum Gasteiger partial charge on any atom is -0.396 e. The molecule has 2 saturated heterocycles. The SMILES string of the molecule is C=CC(=O)N1CCN(c2nc(N3CC(N(CC)CC)C3)nc3c(=O)n(-c4c(N)c(Cl)cc(CC)c4F)c(C(F)(F)F)cc23)CC1. The van der Waals surface area contributed by atoms with E-state index in [9.17, 15) is 22.8 Å². The number of nitrogen functional groups attached to an aromatic ring is 1. The molecule has 4 heterocycles. The lowest BCUT2D eigenvalue weighted by Crippen LogP contribution is -2.60. The zero-order valence-electron chi connectivity index (χ0n) is 25.3. The summed E-state index contributed by atoms with van der Waals surface area (Å²) in [6.07, 6.45) is -3.80. The second-order valence-electron chi connectivity index (χ2n) is 11.0. The molecule has 1 aromatic carbocycles. The van der Waals surface area contributed by atoms with E-state index in [0.717, 1.165) is 19.2 Å². The maximum atomic E-state index is 15.7. The van der Waals surface area contributed by atoms with Crippen LogP contribution in [0.4, 0.5) is 35.0 Å². The Morgan fingerprint density at radius 1 is 1.11 bits per heavy atom. The zero-order valence-corrected chi connectivity index (χ0v) is 26.1. The molecule has 10 nitrogen and oxygen atoms in total. The molecule has 2 aliphatic rings. The van der Waals surface area contributed by atoms with Crippen LogP contribution in [-0.4, -0.2) is 88.6 Å². The molecule has 2 N–H and O–H groups in total. The molecule has 0 bridgehead atoms. The molecule has 45 heavy (non-hydrogen) atoms. The van der Waals surface area contributed by atoms with Gasteiger partial charge in [-0.3, -0.25) is 19.1 Å². The van der Waals surface area contributed by atoms with E-state index in [1.165, 1.54) is 12.1 Å². The van der Waals surface area contributed by atoms with E-state index in [1.807, 2.05) is 4.90 Å². The maximum absolute atomic E-state index is 15.7. The van der Waals surface area contributed by atoms with Crippen molar-refractivity contribution in [3.8, 4) is 5.69 Å². The van der Waals surface area contributed by atoms with Gasteiger partial charge in [0.15, 0.2) is 5.82 Å². The molecule has 0 saturated carbocycles. The van der Waals surface area contributed by atoms with Crippen LogP contribution >= 0.6 is 11.6 Å². The van der Waals surface area contributed by atoms with E-state index in [2.05, 4.69) is 35.3 Å². The number of alkyl halides is 3. The van der Waals surface area contributed by atoms with Crippen molar-refractivity contribution in [2.75, 3.05) is 67.9 Å². The summed E-state index contributed by atoms with van der Waals surface area (Å²) in [4.78, 5) is 43.0. The van der Waals surface area contributed by atoms with Crippen molar-refractivity contribution >= 4 is 45.9 Å². The summed E-state index contributed by atoms with van der Waals surface area (Å²) in [5.74, 6) is -1.05. The number of halogens is 5. The minimum atomic E-state index is -5.10. The van der Waals surface area contributed by atoms with Crippen molar-refractivity contribution in [2.24, 2.45) is 0 Å². The van der Waals surface area contributed by atoms with Crippen molar-refractivity contribution < 1.29 is 22.4 Å². The van der Waals surface area contributed by atoms with Gasteiger partial charge in [0, 0.05) is 45.3 Å². The quantitative estimate of drug-likeness (QED) is 0.221. The van der Waals surface area contributed by atoms with Gasteiger partial charge in [0.05, 0.1) is 16.1 Å². The highest BCUT2D eigenvalue weighted by molar-refractivity contribution is 6.33. The number of carbonyl (C=O) groups is 1. The first-order valence-electron chi connectivity index (χ1n) is 14.8. The van der Waals surface area contributed by atoms with Gasteiger partial charge in [-0.2, -0.15) is 18.2 Å². The van der Waals surface area contributed by atoms with Gasteiger partial charge in [0.25, 0.3) is 5.56 Å². The van der Waals surface area contributed by atoms with Crippen LogP contribution in [0.25, 0.3) is 16.6 Å². The van der Waals surface area contributed by atoms with Crippen molar-refractivity contribution in [1.29, 1.82) is 0 Å². The van der Waals surface area contributed by atoms with Gasteiger partial charge >= 0.3 is 6.18 Å². The Bertz CT molecular complexity index is 1690. The summed E-state index contributed by atoms with van der Waals surface area (Å²) >= 11 is 6.22. The van der Waals surface area contributed by atoms with E-state index in [4.69, 9.17) is 17.3 Å². The Balaban J connectivity index is 1.75. The number of rotatable bonds is 8. The van der Waals surface area contributed by atoms with Crippen LogP contribution < -0.4 is 21.1 Å². The van der Waals surface area contributed by atoms with Gasteiger partial charge in [0.1, 0.15) is 22.7 Å². The maximum Gasteiger partial charge on any atom is 0.431 e. The Labute approximate surface area is 262 Å². The van der Waals surface area contributed by atoms with Crippen molar-refractivity contribution in [3.63, 3.8) is 0 Å². The predicted octanol–water partition coefficient (Wildman–Crippen LogP) is 4.10. The number of piperazine rings is 1. The summed E-state index contributed by atoms with van der Waals surface area (Å²) in [6, 6.07) is 2.21. The van der Waals surface area contributed by atoms with Crippen LogP contribution in [0.2, 0.25) is 5.02 Å². The van der Waals surface area contributed by atoms with Gasteiger partial charge in [-0.15, -0.1) is 0 Å². The van der Waals surface area contributed by atoms with Crippen molar-refractivity contribution in [3.05, 3.63) is 57.2 Å². The smallest absolute Gasteiger partial charge is 0.396 e. The summed E-state index contributed by atoms with van der Waals surface area (Å²) in [5.41, 5.74) is 1.80. The van der Waals surface area contributed by atoms with Gasteiger partial charge in [-0.1, -0.05) is 39.0 Å². The van der Waals surface area contributed by atoms with Gasteiger partial charge < -0.3 is 20.4 Å². The summed E-state index contributed by atoms with van der Waals surface area (Å²) < 4.78 is 60.1. The topological polar surface area (TPSA) is 104 Å². The molecule has 1 amide bonds. The number of carbonyl (C=O) groups excluding carboxylic acids is 1. The van der Waals surface area contributed by atoms with Crippen LogP contribution in [0.1, 0.15) is 32.0 Å². The van der Waals surface area contributed by atoms with Crippen LogP contribution in [0.5, 0.6) is 0 Å². The number of fused-ring (bicyclic) bond motifs is 1. The van der Waals surface area contributed by atoms with E-state index < -0.39 is 34.6 Å². The Morgan fingerprint density at radius 3 is 2.31 bits per heavy atom. The number of likely N-dealkylation sites (N-methyl/N-ethyl adjacent to an activating group) is 1. The highest BCUT2D eigenvalue weighted by atomic mass is 35.5. The number of aryl methyl sites for hydroxylation is 1. The number of hydrogen-bond acceptors (Lipinski definition) is 8. The number of nitrogens with two attached hydrogens (primary N) is 1. The summed E-state index contributed by atoms with van der Waals surface area (Å²) in [7, 11) is 0. The first kappa shape index (κ1) is 32.5. The van der Waals surface area contributed by atoms with Gasteiger partial charge in [-0.05, 0) is 43.3 Å². The van der Waals surface area contributed by atoms with Gasteiger partial charge in [0.2, 0.25) is 11.9 Å². The normalized spacial score (nSPS) is 16.1. The van der Waals surface area contributed by atoms with Crippen LogP contribution in [0, 0.1) is 5.82 Å². The lowest BCUT2D eigenvalue weighted by Gasteiger charge is -2.45. The third kappa shape index (κ3) is 5.81. The van der Waals surface area contributed by atoms with Crippen LogP contribution in [0.15, 0.2) is 29.6 Å². The molecule has 242 valence electrons. The Kier molecular flexibility index (Phi) is 9.00. The number of nitrogens with zero attached hydrogens (tertiary/aromatic N) is 7. The first-order chi connectivity index (χ1) is 21.3. The molecule has 2 fully saturated rings. The monoisotopic (exact) mass is 650 g/mol. The minimum absolute atomic E-state index is 0.00310. The third-order valence-corrected chi connectivity index (χ3v) is 8.89. The number of aromatic nitrogens is 3. The number of benzene rings is 1. The summed E-state index contributed by atoms with van der Waals surface area (Å²) in [6.45, 7) is 13.0. The van der Waals surface area contributed by atoms with E-state index in [0.29, 0.717) is 13.1 Å². The number of amides is 1. The fourth-order valence-corrected chi connectivity index (χ4v) is 6.20. The molecule has 15 heteroatoms. The highest BCUT2D eigenvalue weighted by Crippen LogP contribution is 2.39. The molecule has 0 atom stereocenters. The zero-order chi connectivity index (χ0) is 32.8. The molecular weight excluding hydrogens is 616 g/mol. The van der Waals surface area contributed by atoms with Crippen LogP contribution in [-0.2, 0) is 17.4 Å². The molecule has 0 spiro atoms. The van der Waals surface area contributed by atoms with Crippen molar-refractivity contribution in [2.45, 2.75) is 39.4 Å². The van der Waals surface area contributed by atoms with Crippen molar-refractivity contribution in [1.82, 2.24) is 24.3 Å². The number of pyridine rings is 1. The molecule has 2 aromatic heterocycles. The largest absolute Gasteiger partial charge is 0.431 e. The molecule has 0 unspecified atom stereocenters. The summed E-state index contributed by atoms with van der Waals surface area (Å²) in [5, 5.41) is -0.323. The van der Waals surface area contributed by atoms with Gasteiger partial charge in [-0.25, -0.2) is 9.37 Å². The number of anilines is 3. The lowest BCUT2D eigenvalue weighted by molar-refractivity contribution is -0.142. The Hall–Kier alpha value is -3.91. The molecule has 2 aliphatic heterocycles. The Morgan fingerprint density at radius 2 is 1.76 bits per heavy atom. The fraction of sp³-hybridized carbons (Fsp3) is 0.467. The standard InChI is InChI=1S/C30H35ClF4N8O2/c1-5-17-13-20(31)24(36)26(23(17)32)43-21(30(33,34)35)14-19-25(28(43)45)37-29(42-15-18(16-42)39(7-3)8-4)38-27(19)41-11-9-40(10-12-41)22(44)6-2/h6,13-14,18H,2,5,7-12,15-16,36H2,1,3-4H3. The molecule has 5 rings (SSSR count). The predicted molar refractivity (Wildman–Crippen MR) is 167 cm³/mol. The number of hydrogen-bond donors (Lipinski definition) is 1. The van der Waals surface area contributed by atoms with Crippen LogP contribution in [0.3, 0.4) is 0 Å². The average molecular weight is 651 g/mol. The first-order valence-corrected chi connectivity index (χ1v) is 15.2. The van der Waals surface area contributed by atoms with E-state index in [1.54, 1.807) is 16.7 Å². The van der Waals surface area contributed by atoms with E-state index >= 15 is 4.39 Å². The molecule has 0 radical (unpaired) electrons. The average Bonchev–Trinajstić information content (AvgIpc) is 3.00. The molecule has 0 aliphatic carbocycles.